The van der Waals surface area contributed by atoms with Crippen LogP contribution in [-0.4, -0.2) is 22.9 Å². The molecule has 0 fully saturated rings. The second-order valence-corrected chi connectivity index (χ2v) is 6.53. The first kappa shape index (κ1) is 16.2. The molecule has 1 aliphatic rings. The van der Waals surface area contributed by atoms with Gasteiger partial charge in [0.2, 0.25) is 0 Å². The van der Waals surface area contributed by atoms with E-state index in [-0.39, 0.29) is 24.3 Å². The van der Waals surface area contributed by atoms with Crippen LogP contribution in [0, 0.1) is 5.82 Å². The summed E-state index contributed by atoms with van der Waals surface area (Å²) in [6.45, 7) is 1.92. The molecule has 2 aromatic rings. The second kappa shape index (κ2) is 6.81. The van der Waals surface area contributed by atoms with Gasteiger partial charge in [0.25, 0.3) is 0 Å². The van der Waals surface area contributed by atoms with Gasteiger partial charge in [-0.3, -0.25) is 0 Å². The maximum Gasteiger partial charge on any atom is 0.123 e. The average molecular weight is 314 g/mol. The minimum Gasteiger partial charge on any atom is -0.394 e. The number of benzene rings is 2. The van der Waals surface area contributed by atoms with Crippen LogP contribution in [0.2, 0.25) is 0 Å². The van der Waals surface area contributed by atoms with Gasteiger partial charge in [-0.05, 0) is 65.5 Å². The lowest BCUT2D eigenvalue weighted by molar-refractivity contribution is 0.0843. The minimum atomic E-state index is -0.690. The fourth-order valence-electron chi connectivity index (χ4n) is 3.77. The molecule has 23 heavy (non-hydrogen) atoms. The summed E-state index contributed by atoms with van der Waals surface area (Å²) in [6, 6.07) is 13.4. The lowest BCUT2D eigenvalue weighted by atomic mass is 9.79. The van der Waals surface area contributed by atoms with Crippen molar-refractivity contribution in [1.82, 2.24) is 0 Å². The van der Waals surface area contributed by atoms with Gasteiger partial charge in [0.05, 0.1) is 12.7 Å². The van der Waals surface area contributed by atoms with E-state index in [1.54, 1.807) is 6.07 Å². The Hall–Kier alpha value is -1.71. The summed E-state index contributed by atoms with van der Waals surface area (Å²) in [6.07, 6.45) is 1.44. The topological polar surface area (TPSA) is 40.5 Å². The summed E-state index contributed by atoms with van der Waals surface area (Å²) in [5.41, 5.74) is 4.79. The Morgan fingerprint density at radius 1 is 1.13 bits per heavy atom. The van der Waals surface area contributed by atoms with Gasteiger partial charge < -0.3 is 10.2 Å². The molecule has 0 saturated carbocycles. The summed E-state index contributed by atoms with van der Waals surface area (Å²) >= 11 is 0. The van der Waals surface area contributed by atoms with Gasteiger partial charge >= 0.3 is 0 Å². The molecule has 0 spiro atoms. The number of hydrogen-bond acceptors (Lipinski definition) is 2. The molecule has 2 N–H and O–H groups in total. The Morgan fingerprint density at radius 2 is 1.87 bits per heavy atom. The van der Waals surface area contributed by atoms with Gasteiger partial charge in [0.1, 0.15) is 5.82 Å². The molecule has 0 radical (unpaired) electrons. The number of rotatable bonds is 4. The van der Waals surface area contributed by atoms with Crippen molar-refractivity contribution >= 4 is 0 Å². The van der Waals surface area contributed by atoms with E-state index in [9.17, 15) is 9.50 Å². The highest BCUT2D eigenvalue weighted by Gasteiger charge is 2.28. The molecule has 3 rings (SSSR count). The van der Waals surface area contributed by atoms with E-state index in [0.29, 0.717) is 6.42 Å². The lowest BCUT2D eigenvalue weighted by Crippen LogP contribution is -2.16. The smallest absolute Gasteiger partial charge is 0.123 e. The molecule has 0 aromatic heterocycles. The van der Waals surface area contributed by atoms with E-state index in [4.69, 9.17) is 5.11 Å². The summed E-state index contributed by atoms with van der Waals surface area (Å²) in [7, 11) is 0. The van der Waals surface area contributed by atoms with Crippen LogP contribution in [0.4, 0.5) is 4.39 Å². The molecule has 0 bridgehead atoms. The Morgan fingerprint density at radius 3 is 2.65 bits per heavy atom. The number of halogens is 1. The summed E-state index contributed by atoms with van der Waals surface area (Å²) < 4.78 is 13.8. The van der Waals surface area contributed by atoms with Crippen LogP contribution in [0.1, 0.15) is 53.9 Å². The third-order valence-corrected chi connectivity index (χ3v) is 5.06. The van der Waals surface area contributed by atoms with Crippen molar-refractivity contribution in [1.29, 1.82) is 0 Å². The third-order valence-electron chi connectivity index (χ3n) is 5.06. The normalized spacial score (nSPS) is 21.2. The van der Waals surface area contributed by atoms with Gasteiger partial charge in [-0.25, -0.2) is 4.39 Å². The van der Waals surface area contributed by atoms with E-state index in [1.807, 2.05) is 18.2 Å². The largest absolute Gasteiger partial charge is 0.394 e. The van der Waals surface area contributed by atoms with Crippen molar-refractivity contribution in [2.24, 2.45) is 0 Å². The Bertz CT molecular complexity index is 683. The van der Waals surface area contributed by atoms with Crippen molar-refractivity contribution in [3.63, 3.8) is 0 Å². The molecule has 0 amide bonds. The zero-order valence-corrected chi connectivity index (χ0v) is 13.4. The molecule has 0 saturated heterocycles. The standard InChI is InChI=1S/C20H23FO2/c1-13-18(9-8-17(23)12-22)19-5-3-2-4-14(19)10-15-6-7-16(21)11-20(13)15/h2-7,11,13,17-18,22-23H,8-10,12H2,1H3/t13-,17-,18-/m0/s1. The molecule has 0 unspecified atom stereocenters. The average Bonchev–Trinajstić information content (AvgIpc) is 2.67. The Balaban J connectivity index is 2.02. The Kier molecular flexibility index (Phi) is 4.79. The van der Waals surface area contributed by atoms with Crippen molar-refractivity contribution in [3.8, 4) is 0 Å². The fraction of sp³-hybridized carbons (Fsp3) is 0.400. The molecule has 3 atom stereocenters. The molecule has 0 aliphatic heterocycles. The van der Waals surface area contributed by atoms with E-state index < -0.39 is 6.10 Å². The molecule has 3 heteroatoms. The number of aliphatic hydroxyl groups is 2. The Labute approximate surface area is 136 Å². The first-order valence-corrected chi connectivity index (χ1v) is 8.25. The highest BCUT2D eigenvalue weighted by molar-refractivity contribution is 5.45. The van der Waals surface area contributed by atoms with Crippen LogP contribution >= 0.6 is 0 Å². The van der Waals surface area contributed by atoms with Crippen LogP contribution in [0.5, 0.6) is 0 Å². The van der Waals surface area contributed by atoms with E-state index in [2.05, 4.69) is 19.1 Å². The van der Waals surface area contributed by atoms with Gasteiger partial charge in [-0.1, -0.05) is 37.3 Å². The number of fused-ring (bicyclic) bond motifs is 2. The predicted octanol–water partition coefficient (Wildman–Crippen LogP) is 3.75. The fourth-order valence-corrected chi connectivity index (χ4v) is 3.77. The second-order valence-electron chi connectivity index (χ2n) is 6.53. The van der Waals surface area contributed by atoms with Crippen LogP contribution in [0.15, 0.2) is 42.5 Å². The molecule has 2 aromatic carbocycles. The number of hydrogen-bond donors (Lipinski definition) is 2. The van der Waals surface area contributed by atoms with Crippen molar-refractivity contribution in [2.45, 2.75) is 44.1 Å². The third kappa shape index (κ3) is 3.31. The van der Waals surface area contributed by atoms with Crippen molar-refractivity contribution < 1.29 is 14.6 Å². The SMILES string of the molecule is C[C@@H]1c2cc(F)ccc2Cc2ccccc2[C@H]1CC[C@H](O)CO. The first-order chi connectivity index (χ1) is 11.1. The maximum atomic E-state index is 13.8. The summed E-state index contributed by atoms with van der Waals surface area (Å²) in [5.74, 6) is 0.196. The molecular formula is C20H23FO2. The highest BCUT2D eigenvalue weighted by atomic mass is 19.1. The zero-order chi connectivity index (χ0) is 16.4. The molecular weight excluding hydrogens is 291 g/mol. The van der Waals surface area contributed by atoms with Gasteiger partial charge in [0, 0.05) is 0 Å². The first-order valence-electron chi connectivity index (χ1n) is 8.25. The van der Waals surface area contributed by atoms with E-state index in [0.717, 1.165) is 18.4 Å². The summed E-state index contributed by atoms with van der Waals surface area (Å²) in [5, 5.41) is 18.8. The minimum absolute atomic E-state index is 0.176. The predicted molar refractivity (Wildman–Crippen MR) is 89.1 cm³/mol. The molecule has 2 nitrogen and oxygen atoms in total. The molecule has 0 heterocycles. The van der Waals surface area contributed by atoms with Gasteiger partial charge in [0.15, 0.2) is 0 Å². The van der Waals surface area contributed by atoms with Crippen LogP contribution in [-0.2, 0) is 6.42 Å². The van der Waals surface area contributed by atoms with Gasteiger partial charge in [-0.2, -0.15) is 0 Å². The quantitative estimate of drug-likeness (QED) is 0.902. The number of aliphatic hydroxyl groups excluding tert-OH is 2. The zero-order valence-electron chi connectivity index (χ0n) is 13.4. The monoisotopic (exact) mass is 314 g/mol. The van der Waals surface area contributed by atoms with Crippen LogP contribution < -0.4 is 0 Å². The maximum absolute atomic E-state index is 13.8. The molecule has 122 valence electrons. The van der Waals surface area contributed by atoms with Crippen LogP contribution in [0.25, 0.3) is 0 Å². The van der Waals surface area contributed by atoms with Crippen molar-refractivity contribution in [2.75, 3.05) is 6.61 Å². The lowest BCUT2D eigenvalue weighted by Gasteiger charge is -2.26. The van der Waals surface area contributed by atoms with E-state index in [1.165, 1.54) is 22.8 Å². The van der Waals surface area contributed by atoms with Crippen molar-refractivity contribution in [3.05, 3.63) is 70.5 Å². The van der Waals surface area contributed by atoms with E-state index >= 15 is 0 Å². The molecule has 1 aliphatic carbocycles. The summed E-state index contributed by atoms with van der Waals surface area (Å²) in [4.78, 5) is 0. The van der Waals surface area contributed by atoms with Gasteiger partial charge in [-0.15, -0.1) is 0 Å². The highest BCUT2D eigenvalue weighted by Crippen LogP contribution is 2.43. The van der Waals surface area contributed by atoms with Crippen LogP contribution in [0.3, 0.4) is 0 Å².